The molecule has 36 heavy (non-hydrogen) atoms. The van der Waals surface area contributed by atoms with Crippen molar-refractivity contribution in [3.8, 4) is 0 Å². The Morgan fingerprint density at radius 2 is 1.72 bits per heavy atom. The quantitative estimate of drug-likeness (QED) is 0.424. The first-order valence-electron chi connectivity index (χ1n) is 11.8. The molecule has 1 atom stereocenters. The number of benzene rings is 2. The third kappa shape index (κ3) is 7.85. The van der Waals surface area contributed by atoms with Gasteiger partial charge in [-0.3, -0.25) is 13.9 Å². The average molecular weight is 557 g/mol. The van der Waals surface area contributed by atoms with E-state index in [1.807, 2.05) is 40.7 Å². The summed E-state index contributed by atoms with van der Waals surface area (Å²) in [4.78, 5) is 28.3. The molecule has 0 fully saturated rings. The molecule has 0 aliphatic rings. The lowest BCUT2D eigenvalue weighted by molar-refractivity contribution is -0.140. The zero-order valence-corrected chi connectivity index (χ0v) is 24.0. The molecule has 1 unspecified atom stereocenters. The third-order valence-electron chi connectivity index (χ3n) is 5.93. The van der Waals surface area contributed by atoms with Gasteiger partial charge in [-0.15, -0.1) is 0 Å². The predicted octanol–water partition coefficient (Wildman–Crippen LogP) is 4.96. The van der Waals surface area contributed by atoms with Crippen LogP contribution < -0.4 is 9.62 Å². The fourth-order valence-electron chi connectivity index (χ4n) is 3.78. The highest BCUT2D eigenvalue weighted by Gasteiger charge is 2.32. The number of amides is 2. The second-order valence-corrected chi connectivity index (χ2v) is 12.0. The van der Waals surface area contributed by atoms with Gasteiger partial charge in [0.1, 0.15) is 12.6 Å². The molecule has 10 heteroatoms. The van der Waals surface area contributed by atoms with Crippen molar-refractivity contribution < 1.29 is 18.0 Å². The molecule has 0 aromatic heterocycles. The van der Waals surface area contributed by atoms with Crippen LogP contribution in [0.25, 0.3) is 0 Å². The van der Waals surface area contributed by atoms with Gasteiger partial charge < -0.3 is 10.2 Å². The SMILES string of the molecule is CCC(C(=O)NCC(C)C)N(Cc1ccc(Cl)c(Cl)c1)C(=O)CN(c1cccc(C)c1C)S(C)(=O)=O. The largest absolute Gasteiger partial charge is 0.354 e. The van der Waals surface area contributed by atoms with Crippen molar-refractivity contribution in [2.75, 3.05) is 23.7 Å². The van der Waals surface area contributed by atoms with Crippen LogP contribution in [-0.2, 0) is 26.2 Å². The van der Waals surface area contributed by atoms with Crippen molar-refractivity contribution in [1.82, 2.24) is 10.2 Å². The number of nitrogens with zero attached hydrogens (tertiary/aromatic N) is 2. The van der Waals surface area contributed by atoms with Crippen LogP contribution in [0, 0.1) is 19.8 Å². The van der Waals surface area contributed by atoms with Crippen molar-refractivity contribution >= 4 is 50.7 Å². The van der Waals surface area contributed by atoms with Crippen molar-refractivity contribution in [3.05, 3.63) is 63.1 Å². The number of rotatable bonds is 11. The molecule has 0 saturated carbocycles. The molecule has 1 N–H and O–H groups in total. The minimum Gasteiger partial charge on any atom is -0.354 e. The van der Waals surface area contributed by atoms with Crippen molar-refractivity contribution in [3.63, 3.8) is 0 Å². The van der Waals surface area contributed by atoms with E-state index in [9.17, 15) is 18.0 Å². The highest BCUT2D eigenvalue weighted by Crippen LogP contribution is 2.27. The Balaban J connectivity index is 2.49. The molecule has 0 radical (unpaired) electrons. The molecule has 0 spiro atoms. The van der Waals surface area contributed by atoms with Gasteiger partial charge in [-0.05, 0) is 61.1 Å². The van der Waals surface area contributed by atoms with Crippen molar-refractivity contribution in [2.24, 2.45) is 5.92 Å². The standard InChI is InChI=1S/C26H35Cl2N3O4S/c1-7-23(26(33)29-14-17(2)3)30(15-20-11-12-21(27)22(28)13-20)25(32)16-31(36(6,34)35)24-10-8-9-18(4)19(24)5/h8-13,17,23H,7,14-16H2,1-6H3,(H,29,33). The fourth-order valence-corrected chi connectivity index (χ4v) is 5.00. The number of hydrogen-bond acceptors (Lipinski definition) is 4. The monoisotopic (exact) mass is 555 g/mol. The van der Waals surface area contributed by atoms with E-state index in [4.69, 9.17) is 23.2 Å². The van der Waals surface area contributed by atoms with Crippen molar-refractivity contribution in [1.29, 1.82) is 0 Å². The second kappa shape index (κ2) is 12.8. The van der Waals surface area contributed by atoms with E-state index in [1.165, 1.54) is 4.90 Å². The molecular weight excluding hydrogens is 521 g/mol. The molecule has 2 aromatic carbocycles. The lowest BCUT2D eigenvalue weighted by atomic mass is 10.1. The lowest BCUT2D eigenvalue weighted by Crippen LogP contribution is -2.52. The number of aryl methyl sites for hydroxylation is 1. The average Bonchev–Trinajstić information content (AvgIpc) is 2.79. The van der Waals surface area contributed by atoms with E-state index in [-0.39, 0.29) is 18.4 Å². The third-order valence-corrected chi connectivity index (χ3v) is 7.80. The second-order valence-electron chi connectivity index (χ2n) is 9.32. The summed E-state index contributed by atoms with van der Waals surface area (Å²) in [7, 11) is -3.80. The number of anilines is 1. The number of carbonyl (C=O) groups excluding carboxylic acids is 2. The number of carbonyl (C=O) groups is 2. The first kappa shape index (κ1) is 29.9. The molecule has 0 aliphatic carbocycles. The van der Waals surface area contributed by atoms with Gasteiger partial charge in [-0.2, -0.15) is 0 Å². The number of halogens is 2. The molecule has 2 aromatic rings. The van der Waals surface area contributed by atoms with Crippen LogP contribution in [0.2, 0.25) is 10.0 Å². The van der Waals surface area contributed by atoms with E-state index < -0.39 is 28.5 Å². The molecule has 0 aliphatic heterocycles. The Hall–Kier alpha value is -2.29. The van der Waals surface area contributed by atoms with Gasteiger partial charge in [0.05, 0.1) is 22.0 Å². The maximum atomic E-state index is 13.7. The summed E-state index contributed by atoms with van der Waals surface area (Å²) < 4.78 is 26.7. The van der Waals surface area contributed by atoms with Gasteiger partial charge >= 0.3 is 0 Å². The topological polar surface area (TPSA) is 86.8 Å². The Kier molecular flexibility index (Phi) is 10.6. The van der Waals surface area contributed by atoms with Gasteiger partial charge in [0.15, 0.2) is 0 Å². The van der Waals surface area contributed by atoms with Gasteiger partial charge in [0, 0.05) is 13.1 Å². The Morgan fingerprint density at radius 3 is 2.28 bits per heavy atom. The summed E-state index contributed by atoms with van der Waals surface area (Å²) >= 11 is 12.2. The highest BCUT2D eigenvalue weighted by atomic mass is 35.5. The zero-order chi connectivity index (χ0) is 27.2. The molecule has 0 saturated heterocycles. The minimum atomic E-state index is -3.80. The molecule has 0 heterocycles. The zero-order valence-electron chi connectivity index (χ0n) is 21.6. The number of hydrogen-bond donors (Lipinski definition) is 1. The van der Waals surface area contributed by atoms with Crippen LogP contribution in [0.1, 0.15) is 43.9 Å². The van der Waals surface area contributed by atoms with Gasteiger partial charge in [0.2, 0.25) is 21.8 Å². The van der Waals surface area contributed by atoms with Crippen LogP contribution in [-0.4, -0.2) is 50.5 Å². The predicted molar refractivity (Wildman–Crippen MR) is 147 cm³/mol. The van der Waals surface area contributed by atoms with Crippen LogP contribution in [0.4, 0.5) is 5.69 Å². The highest BCUT2D eigenvalue weighted by molar-refractivity contribution is 7.92. The van der Waals surface area contributed by atoms with Gasteiger partial charge in [-0.1, -0.05) is 62.2 Å². The number of sulfonamides is 1. The molecule has 2 rings (SSSR count). The summed E-state index contributed by atoms with van der Waals surface area (Å²) in [6, 6.07) is 9.50. The van der Waals surface area contributed by atoms with E-state index in [2.05, 4.69) is 5.32 Å². The molecule has 7 nitrogen and oxygen atoms in total. The fraction of sp³-hybridized carbons (Fsp3) is 0.462. The first-order valence-corrected chi connectivity index (χ1v) is 14.4. The Labute approximate surface area is 224 Å². The maximum absolute atomic E-state index is 13.7. The van der Waals surface area contributed by atoms with E-state index >= 15 is 0 Å². The van der Waals surface area contributed by atoms with E-state index in [0.717, 1.165) is 21.7 Å². The van der Waals surface area contributed by atoms with Crippen LogP contribution in [0.15, 0.2) is 36.4 Å². The van der Waals surface area contributed by atoms with Gasteiger partial charge in [-0.25, -0.2) is 8.42 Å². The Morgan fingerprint density at radius 1 is 1.06 bits per heavy atom. The summed E-state index contributed by atoms with van der Waals surface area (Å²) in [5.41, 5.74) is 2.76. The maximum Gasteiger partial charge on any atom is 0.244 e. The Bertz CT molecular complexity index is 1200. The van der Waals surface area contributed by atoms with E-state index in [0.29, 0.717) is 34.3 Å². The summed E-state index contributed by atoms with van der Waals surface area (Å²) in [5.74, 6) is -0.563. The number of nitrogens with one attached hydrogen (secondary N) is 1. The first-order chi connectivity index (χ1) is 16.8. The van der Waals surface area contributed by atoms with Crippen LogP contribution >= 0.6 is 23.2 Å². The van der Waals surface area contributed by atoms with Crippen LogP contribution in [0.5, 0.6) is 0 Å². The van der Waals surface area contributed by atoms with Gasteiger partial charge in [0.25, 0.3) is 0 Å². The molecule has 198 valence electrons. The molecular formula is C26H35Cl2N3O4S. The van der Waals surface area contributed by atoms with Crippen molar-refractivity contribution in [2.45, 2.75) is 53.6 Å². The molecule has 0 bridgehead atoms. The minimum absolute atomic E-state index is 0.0632. The van der Waals surface area contributed by atoms with Crippen LogP contribution in [0.3, 0.4) is 0 Å². The molecule has 2 amide bonds. The summed E-state index contributed by atoms with van der Waals surface area (Å²) in [5, 5.41) is 3.59. The summed E-state index contributed by atoms with van der Waals surface area (Å²) in [6.07, 6.45) is 1.41. The van der Waals surface area contributed by atoms with E-state index in [1.54, 1.807) is 30.3 Å². The lowest BCUT2D eigenvalue weighted by Gasteiger charge is -2.33. The normalized spacial score (nSPS) is 12.4. The smallest absolute Gasteiger partial charge is 0.244 e. The summed E-state index contributed by atoms with van der Waals surface area (Å²) in [6.45, 7) is 9.54.